The lowest BCUT2D eigenvalue weighted by Gasteiger charge is -2.27. The highest BCUT2D eigenvalue weighted by atomic mass is 35.5. The molecule has 136 valence electrons. The monoisotopic (exact) mass is 378 g/mol. The Labute approximate surface area is 162 Å². The van der Waals surface area contributed by atoms with Crippen LogP contribution < -0.4 is 0 Å². The topological polar surface area (TPSA) is 15.6 Å². The van der Waals surface area contributed by atoms with Gasteiger partial charge in [-0.3, -0.25) is 4.99 Å². The predicted molar refractivity (Wildman–Crippen MR) is 112 cm³/mol. The van der Waals surface area contributed by atoms with Gasteiger partial charge in [-0.1, -0.05) is 79.4 Å². The SMILES string of the molecule is CCCCC(C1=NCC(Cl)(Cl)c2ccccc2/C(C)=C/C=C1)N(C)C. The van der Waals surface area contributed by atoms with E-state index in [9.17, 15) is 0 Å². The highest BCUT2D eigenvalue weighted by molar-refractivity contribution is 6.48. The smallest absolute Gasteiger partial charge is 0.163 e. The van der Waals surface area contributed by atoms with Crippen molar-refractivity contribution in [1.29, 1.82) is 0 Å². The van der Waals surface area contributed by atoms with Gasteiger partial charge in [0, 0.05) is 0 Å². The number of halogens is 2. The number of rotatable bonds is 5. The highest BCUT2D eigenvalue weighted by Gasteiger charge is 2.30. The van der Waals surface area contributed by atoms with E-state index >= 15 is 0 Å². The van der Waals surface area contributed by atoms with Crippen LogP contribution in [0.3, 0.4) is 0 Å². The predicted octanol–water partition coefficient (Wildman–Crippen LogP) is 5.85. The molecule has 0 fully saturated rings. The zero-order valence-electron chi connectivity index (χ0n) is 15.6. The number of nitrogens with zero attached hydrogens (tertiary/aromatic N) is 2. The maximum Gasteiger partial charge on any atom is 0.163 e. The van der Waals surface area contributed by atoms with Gasteiger partial charge in [-0.05, 0) is 50.2 Å². The molecule has 2 rings (SSSR count). The van der Waals surface area contributed by atoms with Crippen LogP contribution in [-0.2, 0) is 4.33 Å². The van der Waals surface area contributed by atoms with Crippen LogP contribution >= 0.6 is 23.2 Å². The van der Waals surface area contributed by atoms with Gasteiger partial charge in [0.15, 0.2) is 4.33 Å². The third-order valence-electron chi connectivity index (χ3n) is 4.62. The maximum absolute atomic E-state index is 6.72. The summed E-state index contributed by atoms with van der Waals surface area (Å²) in [6.07, 6.45) is 9.70. The Balaban J connectivity index is 2.46. The van der Waals surface area contributed by atoms with E-state index in [0.717, 1.165) is 28.8 Å². The molecule has 4 heteroatoms. The fourth-order valence-electron chi connectivity index (χ4n) is 3.14. The fourth-order valence-corrected chi connectivity index (χ4v) is 3.59. The number of hydrogen-bond acceptors (Lipinski definition) is 2. The van der Waals surface area contributed by atoms with Crippen LogP contribution in [0.2, 0.25) is 0 Å². The summed E-state index contributed by atoms with van der Waals surface area (Å²) >= 11 is 13.4. The van der Waals surface area contributed by atoms with E-state index in [-0.39, 0.29) is 6.04 Å². The number of hydrogen-bond donors (Lipinski definition) is 0. The minimum Gasteiger partial charge on any atom is -0.301 e. The second-order valence-electron chi connectivity index (χ2n) is 6.82. The molecule has 0 N–H and O–H groups in total. The van der Waals surface area contributed by atoms with Crippen molar-refractivity contribution in [3.05, 3.63) is 53.6 Å². The average molecular weight is 379 g/mol. The Morgan fingerprint density at radius 3 is 2.64 bits per heavy atom. The van der Waals surface area contributed by atoms with Gasteiger partial charge < -0.3 is 4.90 Å². The molecule has 1 aromatic rings. The molecule has 0 saturated heterocycles. The van der Waals surface area contributed by atoms with Gasteiger partial charge in [0.25, 0.3) is 0 Å². The van der Waals surface area contributed by atoms with Crippen molar-refractivity contribution in [2.75, 3.05) is 20.6 Å². The van der Waals surface area contributed by atoms with Crippen molar-refractivity contribution in [2.24, 2.45) is 4.99 Å². The van der Waals surface area contributed by atoms with Crippen molar-refractivity contribution < 1.29 is 0 Å². The number of allylic oxidation sites excluding steroid dienone is 3. The van der Waals surface area contributed by atoms with Gasteiger partial charge in [0.05, 0.1) is 18.3 Å². The van der Waals surface area contributed by atoms with Crippen molar-refractivity contribution in [1.82, 2.24) is 4.90 Å². The molecule has 0 radical (unpaired) electrons. The first-order valence-corrected chi connectivity index (χ1v) is 9.66. The van der Waals surface area contributed by atoms with Crippen molar-refractivity contribution in [3.63, 3.8) is 0 Å². The van der Waals surface area contributed by atoms with Crippen LogP contribution in [0, 0.1) is 0 Å². The normalized spacial score (nSPS) is 20.4. The second-order valence-corrected chi connectivity index (χ2v) is 8.31. The zero-order chi connectivity index (χ0) is 18.4. The van der Waals surface area contributed by atoms with Crippen LogP contribution in [0.4, 0.5) is 0 Å². The maximum atomic E-state index is 6.72. The van der Waals surface area contributed by atoms with E-state index in [0.29, 0.717) is 6.54 Å². The molecule has 1 unspecified atom stereocenters. The Hall–Kier alpha value is -1.09. The van der Waals surface area contributed by atoms with E-state index in [1.807, 2.05) is 18.2 Å². The molecule has 1 heterocycles. The van der Waals surface area contributed by atoms with Gasteiger partial charge in [0.2, 0.25) is 0 Å². The largest absolute Gasteiger partial charge is 0.301 e. The molecule has 1 aliphatic heterocycles. The summed E-state index contributed by atoms with van der Waals surface area (Å²) in [6.45, 7) is 4.64. The first-order valence-electron chi connectivity index (χ1n) is 8.90. The first kappa shape index (κ1) is 20.2. The standard InChI is InChI=1S/C21H28Cl2N2/c1-5-6-14-20(25(3)4)19-13-9-10-16(2)17-11-7-8-12-18(17)21(22,23)15-24-19/h7-13,20H,5-6,14-15H2,1-4H3/b13-9?,16-10+,24-19?. The van der Waals surface area contributed by atoms with E-state index in [2.05, 4.69) is 57.1 Å². The van der Waals surface area contributed by atoms with Gasteiger partial charge in [-0.2, -0.15) is 0 Å². The number of unbranched alkanes of at least 4 members (excludes halogenated alkanes) is 1. The average Bonchev–Trinajstić information content (AvgIpc) is 2.58. The van der Waals surface area contributed by atoms with Crippen LogP contribution in [-0.4, -0.2) is 37.3 Å². The van der Waals surface area contributed by atoms with E-state index in [4.69, 9.17) is 28.2 Å². The summed E-state index contributed by atoms with van der Waals surface area (Å²) in [5.74, 6) is 0. The third-order valence-corrected chi connectivity index (χ3v) is 5.26. The van der Waals surface area contributed by atoms with E-state index in [1.165, 1.54) is 12.8 Å². The van der Waals surface area contributed by atoms with Gasteiger partial charge in [0.1, 0.15) is 0 Å². The summed E-state index contributed by atoms with van der Waals surface area (Å²) in [4.78, 5) is 7.05. The molecular formula is C21H28Cl2N2. The molecule has 1 aromatic carbocycles. The quantitative estimate of drug-likeness (QED) is 0.586. The van der Waals surface area contributed by atoms with E-state index < -0.39 is 4.33 Å². The summed E-state index contributed by atoms with van der Waals surface area (Å²) in [5, 5.41) is 0. The van der Waals surface area contributed by atoms with Crippen molar-refractivity contribution >= 4 is 34.5 Å². The molecule has 1 atom stereocenters. The fraction of sp³-hybridized carbons (Fsp3) is 0.476. The van der Waals surface area contributed by atoms with Crippen LogP contribution in [0.1, 0.15) is 44.2 Å². The lowest BCUT2D eigenvalue weighted by Crippen LogP contribution is -2.35. The molecule has 2 nitrogen and oxygen atoms in total. The summed E-state index contributed by atoms with van der Waals surface area (Å²) in [5.41, 5.74) is 4.17. The molecule has 0 bridgehead atoms. The molecular weight excluding hydrogens is 351 g/mol. The third kappa shape index (κ3) is 5.20. The number of benzene rings is 1. The second kappa shape index (κ2) is 9.02. The molecule has 0 amide bonds. The van der Waals surface area contributed by atoms with Crippen molar-refractivity contribution in [3.8, 4) is 0 Å². The number of alkyl halides is 2. The van der Waals surface area contributed by atoms with Crippen LogP contribution in [0.25, 0.3) is 5.57 Å². The lowest BCUT2D eigenvalue weighted by molar-refractivity contribution is 0.340. The summed E-state index contributed by atoms with van der Waals surface area (Å²) in [7, 11) is 4.20. The van der Waals surface area contributed by atoms with Gasteiger partial charge in [-0.25, -0.2) is 0 Å². The molecule has 0 saturated carbocycles. The van der Waals surface area contributed by atoms with Crippen molar-refractivity contribution in [2.45, 2.75) is 43.5 Å². The lowest BCUT2D eigenvalue weighted by atomic mass is 9.96. The Kier molecular flexibility index (Phi) is 7.30. The van der Waals surface area contributed by atoms with E-state index in [1.54, 1.807) is 0 Å². The highest BCUT2D eigenvalue weighted by Crippen LogP contribution is 2.39. The van der Waals surface area contributed by atoms with Gasteiger partial charge in [-0.15, -0.1) is 0 Å². The van der Waals surface area contributed by atoms with Gasteiger partial charge >= 0.3 is 0 Å². The minimum atomic E-state index is -1.04. The van der Waals surface area contributed by atoms with Crippen LogP contribution in [0.15, 0.2) is 47.5 Å². The molecule has 0 aromatic heterocycles. The Bertz CT molecular complexity index is 672. The molecule has 0 aliphatic carbocycles. The van der Waals surface area contributed by atoms with Crippen LogP contribution in [0.5, 0.6) is 0 Å². The number of aliphatic imine (C=N–C) groups is 1. The molecule has 1 aliphatic rings. The summed E-state index contributed by atoms with van der Waals surface area (Å²) in [6, 6.07) is 8.31. The Morgan fingerprint density at radius 2 is 1.96 bits per heavy atom. The minimum absolute atomic E-state index is 0.267. The number of fused-ring (bicyclic) bond motifs is 1. The molecule has 0 spiro atoms. The summed E-state index contributed by atoms with van der Waals surface area (Å²) < 4.78 is -1.04. The first-order chi connectivity index (χ1) is 11.9. The molecule has 25 heavy (non-hydrogen) atoms. The Morgan fingerprint density at radius 1 is 1.24 bits per heavy atom. The zero-order valence-corrected chi connectivity index (χ0v) is 17.1.